The predicted molar refractivity (Wildman–Crippen MR) is 245 cm³/mol. The summed E-state index contributed by atoms with van der Waals surface area (Å²) in [5, 5.41) is 28.9. The maximum atomic E-state index is 14.5. The average molecular weight is 785 g/mol. The first kappa shape index (κ1) is 34.9. The fourth-order valence-corrected chi connectivity index (χ4v) is 12.1. The number of fused-ring (bicyclic) bond motifs is 19. The second-order valence-corrected chi connectivity index (χ2v) is 17.3. The highest BCUT2D eigenvalue weighted by molar-refractivity contribution is 5.98. The number of allylic oxidation sites excluding steroid dienone is 4. The van der Waals surface area contributed by atoms with Crippen molar-refractivity contribution in [3.63, 3.8) is 0 Å². The van der Waals surface area contributed by atoms with Crippen molar-refractivity contribution in [1.82, 2.24) is 0 Å². The quantitative estimate of drug-likeness (QED) is 0.175. The van der Waals surface area contributed by atoms with Crippen LogP contribution >= 0.6 is 0 Å². The molecule has 290 valence electrons. The molecule has 0 saturated carbocycles. The zero-order valence-corrected chi connectivity index (χ0v) is 33.6. The smallest absolute Gasteiger partial charge is 0.136 e. The van der Waals surface area contributed by atoms with Gasteiger partial charge in [-0.25, -0.2) is 0 Å². The highest BCUT2D eigenvalue weighted by Crippen LogP contribution is 2.65. The lowest BCUT2D eigenvalue weighted by Crippen LogP contribution is -2.97. The average Bonchev–Trinajstić information content (AvgIpc) is 3.99. The molecule has 0 aromatic heterocycles. The molecule has 0 fully saturated rings. The molecule has 2 spiro atoms. The van der Waals surface area contributed by atoms with Gasteiger partial charge in [0, 0.05) is 48.5 Å². The lowest BCUT2D eigenvalue weighted by Gasteiger charge is -2.34. The minimum atomic E-state index is -0.529. The number of aryl methyl sites for hydroxylation is 1. The number of hydrogen-bond donors (Lipinski definition) is 2. The number of nitrogens with one attached hydrogen (secondary N) is 2. The number of benzene rings is 8. The van der Waals surface area contributed by atoms with Gasteiger partial charge in [-0.05, 0) is 121 Å². The molecule has 0 saturated heterocycles. The molecule has 0 aliphatic heterocycles. The maximum absolute atomic E-state index is 14.5. The molecule has 4 heteroatoms. The van der Waals surface area contributed by atoms with Crippen molar-refractivity contribution >= 4 is 28.3 Å². The summed E-state index contributed by atoms with van der Waals surface area (Å²) in [6.07, 6.45) is 6.56. The van der Waals surface area contributed by atoms with Gasteiger partial charge in [-0.3, -0.25) is 0 Å². The van der Waals surface area contributed by atoms with Gasteiger partial charge >= 0.3 is 0 Å². The van der Waals surface area contributed by atoms with E-state index in [-0.39, 0.29) is 10.1 Å². The van der Waals surface area contributed by atoms with Gasteiger partial charge in [0.25, 0.3) is 0 Å². The van der Waals surface area contributed by atoms with Gasteiger partial charge in [-0.1, -0.05) is 133 Å². The molecule has 5 aliphatic rings. The summed E-state index contributed by atoms with van der Waals surface area (Å²) in [7, 11) is 0. The van der Waals surface area contributed by atoms with E-state index in [1.807, 2.05) is 36.4 Å². The van der Waals surface area contributed by atoms with Crippen molar-refractivity contribution in [1.29, 1.82) is 0 Å². The van der Waals surface area contributed by atoms with Crippen molar-refractivity contribution in [2.75, 3.05) is 0 Å². The minimum Gasteiger partial charge on any atom is -0.623 e. The van der Waals surface area contributed by atoms with E-state index in [1.165, 1.54) is 83.5 Å². The zero-order valence-electron chi connectivity index (χ0n) is 33.6. The van der Waals surface area contributed by atoms with Crippen LogP contribution in [0.4, 0.5) is 22.7 Å². The highest BCUT2D eigenvalue weighted by Gasteiger charge is 2.54. The highest BCUT2D eigenvalue weighted by atomic mass is 16.5. The monoisotopic (exact) mass is 784 g/mol. The maximum Gasteiger partial charge on any atom is 0.136 e. The second-order valence-electron chi connectivity index (χ2n) is 17.3. The van der Waals surface area contributed by atoms with Crippen LogP contribution in [-0.2, 0) is 10.8 Å². The fourth-order valence-electron chi connectivity index (χ4n) is 12.1. The molecule has 8 aromatic carbocycles. The van der Waals surface area contributed by atoms with Crippen molar-refractivity contribution in [2.45, 2.75) is 30.6 Å². The molecule has 0 bridgehead atoms. The van der Waals surface area contributed by atoms with E-state index >= 15 is 0 Å². The summed E-state index contributed by atoms with van der Waals surface area (Å²) in [6, 6.07) is 61.6. The van der Waals surface area contributed by atoms with E-state index in [9.17, 15) is 10.4 Å². The van der Waals surface area contributed by atoms with Crippen molar-refractivity contribution in [2.24, 2.45) is 0 Å². The first-order chi connectivity index (χ1) is 30.0. The predicted octanol–water partition coefficient (Wildman–Crippen LogP) is 11.5. The number of hydrogen-bond acceptors (Lipinski definition) is 2. The van der Waals surface area contributed by atoms with Gasteiger partial charge in [0.1, 0.15) is 22.7 Å². The van der Waals surface area contributed by atoms with Crippen LogP contribution in [0, 0.1) is 17.3 Å². The molecular formula is C57H40N2O2. The van der Waals surface area contributed by atoms with Gasteiger partial charge in [0.05, 0.1) is 10.8 Å². The lowest BCUT2D eigenvalue weighted by atomic mass is 9.68. The fraction of sp³-hybridized carbons (Fsp3) is 0.0877. The zero-order chi connectivity index (χ0) is 40.6. The largest absolute Gasteiger partial charge is 0.623 e. The Morgan fingerprint density at radius 1 is 0.393 bits per heavy atom. The summed E-state index contributed by atoms with van der Waals surface area (Å²) >= 11 is 0. The summed E-state index contributed by atoms with van der Waals surface area (Å²) in [5.41, 5.74) is 22.6. The third kappa shape index (κ3) is 4.42. The van der Waals surface area contributed by atoms with Gasteiger partial charge in [0.15, 0.2) is 0 Å². The van der Waals surface area contributed by atoms with Crippen LogP contribution in [0.25, 0.3) is 39.0 Å². The van der Waals surface area contributed by atoms with Gasteiger partial charge < -0.3 is 20.5 Å². The number of quaternary nitrogens is 2. The molecule has 0 heterocycles. The van der Waals surface area contributed by atoms with Gasteiger partial charge in [-0.2, -0.15) is 0 Å². The molecule has 61 heavy (non-hydrogen) atoms. The van der Waals surface area contributed by atoms with Crippen molar-refractivity contribution in [3.05, 3.63) is 254 Å². The number of rotatable bonds is 4. The van der Waals surface area contributed by atoms with E-state index in [1.54, 1.807) is 0 Å². The summed E-state index contributed by atoms with van der Waals surface area (Å²) in [4.78, 5) is 0. The third-order valence-electron chi connectivity index (χ3n) is 14.5. The molecule has 5 aliphatic carbocycles. The Hall–Kier alpha value is -6.92. The van der Waals surface area contributed by atoms with Crippen LogP contribution in [0.5, 0.6) is 0 Å². The second kappa shape index (κ2) is 12.6. The molecular weight excluding hydrogens is 745 g/mol. The summed E-state index contributed by atoms with van der Waals surface area (Å²) < 4.78 is 0. The minimum absolute atomic E-state index is 0.0528. The van der Waals surface area contributed by atoms with E-state index < -0.39 is 10.8 Å². The van der Waals surface area contributed by atoms with Crippen LogP contribution in [-0.4, -0.2) is 0 Å². The molecule has 3 unspecified atom stereocenters. The molecule has 13 rings (SSSR count). The molecule has 2 N–H and O–H groups in total. The van der Waals surface area contributed by atoms with E-state index in [2.05, 4.69) is 159 Å². The molecule has 4 nitrogen and oxygen atoms in total. The molecule has 3 atom stereocenters. The Bertz CT molecular complexity index is 3220. The molecule has 8 aromatic rings. The van der Waals surface area contributed by atoms with E-state index in [4.69, 9.17) is 0 Å². The molecule has 0 amide bonds. The van der Waals surface area contributed by atoms with Crippen LogP contribution < -0.4 is 10.1 Å². The van der Waals surface area contributed by atoms with Crippen molar-refractivity contribution < 1.29 is 10.1 Å². The topological polar surface area (TPSA) is 55.0 Å². The standard InChI is InChI=1S/C57H40N2O2/c1-35-22-29-45-47-31-28-39(34-55(47)57(53(45)32-35)51-20-10-4-14-42(51)43-15-5-11-21-52(43)57)59(61)37-25-23-36(24-26-37)58(60)38-27-30-46-44-16-6-9-19-50(44)56(54(46)33-38)48-17-7-2-12-40(48)41-13-3-8-18-49(41)56/h2-7,9-17,19-34,58-59H,8,18H2,1H3. The first-order valence-electron chi connectivity index (χ1n) is 21.4. The normalized spacial score (nSPS) is 18.5. The third-order valence-corrected chi connectivity index (χ3v) is 14.5. The Labute approximate surface area is 355 Å². The first-order valence-corrected chi connectivity index (χ1v) is 21.4. The Kier molecular flexibility index (Phi) is 7.18. The van der Waals surface area contributed by atoms with Crippen LogP contribution in [0.3, 0.4) is 0 Å². The van der Waals surface area contributed by atoms with Gasteiger partial charge in [0.2, 0.25) is 0 Å². The van der Waals surface area contributed by atoms with E-state index in [0.717, 1.165) is 24.0 Å². The Morgan fingerprint density at radius 2 is 0.787 bits per heavy atom. The molecule has 0 radical (unpaired) electrons. The van der Waals surface area contributed by atoms with Gasteiger partial charge in [-0.15, -0.1) is 0 Å². The van der Waals surface area contributed by atoms with Crippen LogP contribution in [0.2, 0.25) is 0 Å². The summed E-state index contributed by atoms with van der Waals surface area (Å²) in [6.45, 7) is 2.16. The Morgan fingerprint density at radius 3 is 1.33 bits per heavy atom. The SMILES string of the molecule is Cc1ccc2c(c1)C1(c3ccccc3-c3ccccc31)c1cc([NH+]([O-])c3ccc([NH+]([O-])c4ccc5c(c4)C4(C6=C(C=CCC6)c6ccccc64)c4ccccc4-5)cc3)ccc1-2. The van der Waals surface area contributed by atoms with Crippen LogP contribution in [0.1, 0.15) is 62.9 Å². The summed E-state index contributed by atoms with van der Waals surface area (Å²) in [5.74, 6) is 0. The van der Waals surface area contributed by atoms with Crippen molar-refractivity contribution in [3.8, 4) is 33.4 Å². The Balaban J connectivity index is 0.877. The van der Waals surface area contributed by atoms with Crippen LogP contribution in [0.15, 0.2) is 194 Å². The van der Waals surface area contributed by atoms with E-state index in [0.29, 0.717) is 22.7 Å². The lowest BCUT2D eigenvalue weighted by molar-refractivity contribution is -0.701.